The lowest BCUT2D eigenvalue weighted by Crippen LogP contribution is -2.08. The smallest absolute Gasteiger partial charge is 0.205 e. The van der Waals surface area contributed by atoms with Gasteiger partial charge in [0.25, 0.3) is 0 Å². The molecule has 1 N–H and O–H groups in total. The summed E-state index contributed by atoms with van der Waals surface area (Å²) in [5.74, 6) is 0.680. The van der Waals surface area contributed by atoms with Gasteiger partial charge in [0.2, 0.25) is 5.13 Å². The first-order chi connectivity index (χ1) is 7.25. The van der Waals surface area contributed by atoms with Crippen molar-refractivity contribution >= 4 is 16.5 Å². The van der Waals surface area contributed by atoms with E-state index in [1.807, 2.05) is 0 Å². The zero-order valence-corrected chi connectivity index (χ0v) is 10.3. The Kier molecular flexibility index (Phi) is 3.57. The van der Waals surface area contributed by atoms with E-state index in [0.29, 0.717) is 12.0 Å². The second-order valence-electron chi connectivity index (χ2n) is 4.58. The summed E-state index contributed by atoms with van der Waals surface area (Å²) in [7, 11) is 0. The molecule has 1 aromatic heterocycles. The quantitative estimate of drug-likeness (QED) is 0.856. The predicted octanol–water partition coefficient (Wildman–Crippen LogP) is 3.41. The Morgan fingerprint density at radius 1 is 1.20 bits per heavy atom. The van der Waals surface area contributed by atoms with Gasteiger partial charge >= 0.3 is 0 Å². The average molecular weight is 225 g/mol. The predicted molar refractivity (Wildman–Crippen MR) is 64.5 cm³/mol. The van der Waals surface area contributed by atoms with Gasteiger partial charge in [-0.15, -0.1) is 10.2 Å². The standard InChI is InChI=1S/C11H19N3S/c1-8(2)12-11-14-13-10(15-11)9-6-4-3-5-7-9/h8-9H,3-7H2,1-2H3,(H,12,14). The first-order valence-corrected chi connectivity index (χ1v) is 6.67. The highest BCUT2D eigenvalue weighted by Crippen LogP contribution is 2.35. The maximum atomic E-state index is 4.30. The number of hydrogen-bond acceptors (Lipinski definition) is 4. The number of hydrogen-bond donors (Lipinski definition) is 1. The van der Waals surface area contributed by atoms with Crippen LogP contribution in [0, 0.1) is 0 Å². The average Bonchev–Trinajstić information content (AvgIpc) is 2.67. The summed E-state index contributed by atoms with van der Waals surface area (Å²) < 4.78 is 0. The van der Waals surface area contributed by atoms with Crippen molar-refractivity contribution in [3.63, 3.8) is 0 Å². The molecule has 84 valence electrons. The van der Waals surface area contributed by atoms with Crippen molar-refractivity contribution in [2.24, 2.45) is 0 Å². The molecule has 4 heteroatoms. The molecule has 1 fully saturated rings. The molecule has 0 amide bonds. The van der Waals surface area contributed by atoms with Gasteiger partial charge in [-0.3, -0.25) is 0 Å². The van der Waals surface area contributed by atoms with Gasteiger partial charge in [-0.25, -0.2) is 0 Å². The molecule has 15 heavy (non-hydrogen) atoms. The van der Waals surface area contributed by atoms with E-state index < -0.39 is 0 Å². The highest BCUT2D eigenvalue weighted by atomic mass is 32.1. The van der Waals surface area contributed by atoms with Crippen LogP contribution in [-0.4, -0.2) is 16.2 Å². The van der Waals surface area contributed by atoms with Gasteiger partial charge in [0.1, 0.15) is 5.01 Å². The van der Waals surface area contributed by atoms with E-state index in [0.717, 1.165) is 5.13 Å². The highest BCUT2D eigenvalue weighted by Gasteiger charge is 2.19. The van der Waals surface area contributed by atoms with Crippen molar-refractivity contribution in [3.05, 3.63) is 5.01 Å². The van der Waals surface area contributed by atoms with Crippen LogP contribution in [0.4, 0.5) is 5.13 Å². The molecule has 0 saturated heterocycles. The van der Waals surface area contributed by atoms with Crippen molar-refractivity contribution in [2.75, 3.05) is 5.32 Å². The van der Waals surface area contributed by atoms with Crippen molar-refractivity contribution in [1.29, 1.82) is 0 Å². The molecule has 0 radical (unpaired) electrons. The highest BCUT2D eigenvalue weighted by molar-refractivity contribution is 7.15. The normalized spacial score (nSPS) is 18.3. The zero-order chi connectivity index (χ0) is 10.7. The number of aromatic nitrogens is 2. The van der Waals surface area contributed by atoms with Crippen LogP contribution in [0.5, 0.6) is 0 Å². The minimum absolute atomic E-state index is 0.442. The molecular weight excluding hydrogens is 206 g/mol. The van der Waals surface area contributed by atoms with E-state index in [4.69, 9.17) is 0 Å². The molecule has 0 bridgehead atoms. The Morgan fingerprint density at radius 3 is 2.60 bits per heavy atom. The fourth-order valence-electron chi connectivity index (χ4n) is 2.05. The van der Waals surface area contributed by atoms with Gasteiger partial charge in [0.05, 0.1) is 0 Å². The van der Waals surface area contributed by atoms with Crippen LogP contribution < -0.4 is 5.32 Å². The Labute approximate surface area is 95.3 Å². The van der Waals surface area contributed by atoms with Crippen LogP contribution >= 0.6 is 11.3 Å². The van der Waals surface area contributed by atoms with E-state index in [9.17, 15) is 0 Å². The molecular formula is C11H19N3S. The molecule has 0 aliphatic heterocycles. The van der Waals surface area contributed by atoms with Gasteiger partial charge in [0.15, 0.2) is 0 Å². The second-order valence-corrected chi connectivity index (χ2v) is 5.59. The Balaban J connectivity index is 1.99. The molecule has 1 aliphatic rings. The first-order valence-electron chi connectivity index (χ1n) is 5.85. The second kappa shape index (κ2) is 4.92. The molecule has 1 heterocycles. The van der Waals surface area contributed by atoms with Crippen molar-refractivity contribution in [1.82, 2.24) is 10.2 Å². The maximum absolute atomic E-state index is 4.30. The molecule has 1 aliphatic carbocycles. The molecule has 0 unspecified atom stereocenters. The summed E-state index contributed by atoms with van der Waals surface area (Å²) >= 11 is 1.73. The Bertz CT molecular complexity index is 303. The summed E-state index contributed by atoms with van der Waals surface area (Å²) in [5, 5.41) is 14.0. The van der Waals surface area contributed by atoms with E-state index in [1.165, 1.54) is 37.1 Å². The topological polar surface area (TPSA) is 37.8 Å². The summed E-state index contributed by atoms with van der Waals surface area (Å²) in [4.78, 5) is 0. The van der Waals surface area contributed by atoms with Crippen LogP contribution in [0.25, 0.3) is 0 Å². The monoisotopic (exact) mass is 225 g/mol. The van der Waals surface area contributed by atoms with Gasteiger partial charge < -0.3 is 5.32 Å². The number of rotatable bonds is 3. The third-order valence-corrected chi connectivity index (χ3v) is 3.82. The van der Waals surface area contributed by atoms with Crippen molar-refractivity contribution in [3.8, 4) is 0 Å². The first kappa shape index (κ1) is 10.9. The Morgan fingerprint density at radius 2 is 1.93 bits per heavy atom. The molecule has 1 saturated carbocycles. The van der Waals surface area contributed by atoms with E-state index >= 15 is 0 Å². The third kappa shape index (κ3) is 2.91. The third-order valence-electron chi connectivity index (χ3n) is 2.81. The zero-order valence-electron chi connectivity index (χ0n) is 9.49. The molecule has 0 spiro atoms. The van der Waals surface area contributed by atoms with Crippen LogP contribution in [-0.2, 0) is 0 Å². The fraction of sp³-hybridized carbons (Fsp3) is 0.818. The van der Waals surface area contributed by atoms with Crippen LogP contribution in [0.15, 0.2) is 0 Å². The van der Waals surface area contributed by atoms with Crippen LogP contribution in [0.3, 0.4) is 0 Å². The van der Waals surface area contributed by atoms with Gasteiger partial charge in [-0.05, 0) is 26.7 Å². The lowest BCUT2D eigenvalue weighted by atomic mass is 9.90. The fourth-order valence-corrected chi connectivity index (χ4v) is 3.11. The largest absolute Gasteiger partial charge is 0.358 e. The lowest BCUT2D eigenvalue weighted by Gasteiger charge is -2.18. The molecule has 0 atom stereocenters. The Hall–Kier alpha value is -0.640. The van der Waals surface area contributed by atoms with Gasteiger partial charge in [0, 0.05) is 12.0 Å². The van der Waals surface area contributed by atoms with E-state index in [2.05, 4.69) is 29.4 Å². The lowest BCUT2D eigenvalue weighted by molar-refractivity contribution is 0.440. The minimum atomic E-state index is 0.442. The molecule has 3 nitrogen and oxygen atoms in total. The van der Waals surface area contributed by atoms with Crippen LogP contribution in [0.1, 0.15) is 56.9 Å². The number of nitrogens with zero attached hydrogens (tertiary/aromatic N) is 2. The molecule has 0 aromatic carbocycles. The number of nitrogens with one attached hydrogen (secondary N) is 1. The summed E-state index contributed by atoms with van der Waals surface area (Å²) in [5.41, 5.74) is 0. The summed E-state index contributed by atoms with van der Waals surface area (Å²) in [6, 6.07) is 0.442. The maximum Gasteiger partial charge on any atom is 0.205 e. The van der Waals surface area contributed by atoms with Crippen molar-refractivity contribution in [2.45, 2.75) is 57.9 Å². The van der Waals surface area contributed by atoms with E-state index in [1.54, 1.807) is 11.3 Å². The van der Waals surface area contributed by atoms with Crippen molar-refractivity contribution < 1.29 is 0 Å². The van der Waals surface area contributed by atoms with Gasteiger partial charge in [-0.1, -0.05) is 30.6 Å². The van der Waals surface area contributed by atoms with Crippen LogP contribution in [0.2, 0.25) is 0 Å². The van der Waals surface area contributed by atoms with Gasteiger partial charge in [-0.2, -0.15) is 0 Å². The number of anilines is 1. The molecule has 2 rings (SSSR count). The summed E-state index contributed by atoms with van der Waals surface area (Å²) in [6.45, 7) is 4.25. The molecule has 1 aromatic rings. The van der Waals surface area contributed by atoms with E-state index in [-0.39, 0.29) is 0 Å². The SMILES string of the molecule is CC(C)Nc1nnc(C2CCCCC2)s1. The summed E-state index contributed by atoms with van der Waals surface area (Å²) in [6.07, 6.45) is 6.72. The minimum Gasteiger partial charge on any atom is -0.358 e.